The Labute approximate surface area is 102 Å². The number of nitrogens with two attached hydrogens (primary N) is 1. The molecule has 84 valence electrons. The number of aromatic nitrogens is 3. The highest BCUT2D eigenvalue weighted by molar-refractivity contribution is 8.01. The van der Waals surface area contributed by atoms with E-state index in [0.717, 1.165) is 27.2 Å². The van der Waals surface area contributed by atoms with E-state index in [-0.39, 0.29) is 0 Å². The predicted molar refractivity (Wildman–Crippen MR) is 65.5 cm³/mol. The van der Waals surface area contributed by atoms with E-state index in [4.69, 9.17) is 5.73 Å². The van der Waals surface area contributed by atoms with Crippen molar-refractivity contribution in [3.63, 3.8) is 0 Å². The molecule has 6 heteroatoms. The first-order valence-corrected chi connectivity index (χ1v) is 6.56. The van der Waals surface area contributed by atoms with E-state index in [9.17, 15) is 0 Å². The fourth-order valence-electron chi connectivity index (χ4n) is 1.15. The molecule has 0 aromatic carbocycles. The Morgan fingerprint density at radius 2 is 2.38 bits per heavy atom. The molecule has 2 heterocycles. The van der Waals surface area contributed by atoms with Crippen LogP contribution in [0.2, 0.25) is 0 Å². The van der Waals surface area contributed by atoms with Crippen molar-refractivity contribution >= 4 is 23.3 Å². The van der Waals surface area contributed by atoms with Crippen LogP contribution < -0.4 is 5.73 Å². The van der Waals surface area contributed by atoms with Gasteiger partial charge in [0.25, 0.3) is 0 Å². The average molecular weight is 252 g/mol. The summed E-state index contributed by atoms with van der Waals surface area (Å²) in [4.78, 5) is 9.65. The molecule has 0 saturated heterocycles. The summed E-state index contributed by atoms with van der Waals surface area (Å²) in [6.45, 7) is 2.51. The van der Waals surface area contributed by atoms with E-state index >= 15 is 0 Å². The topological polar surface area (TPSA) is 64.7 Å². The minimum Gasteiger partial charge on any atom is -0.325 e. The van der Waals surface area contributed by atoms with Gasteiger partial charge in [0.15, 0.2) is 4.34 Å². The molecule has 2 aromatic rings. The summed E-state index contributed by atoms with van der Waals surface area (Å²) in [7, 11) is 0. The Morgan fingerprint density at radius 1 is 1.50 bits per heavy atom. The van der Waals surface area contributed by atoms with E-state index in [0.29, 0.717) is 6.54 Å². The van der Waals surface area contributed by atoms with Gasteiger partial charge in [-0.3, -0.25) is 4.98 Å². The zero-order valence-corrected chi connectivity index (χ0v) is 10.5. The van der Waals surface area contributed by atoms with Crippen molar-refractivity contribution in [2.24, 2.45) is 5.73 Å². The number of nitrogens with zero attached hydrogens (tertiary/aromatic N) is 3. The first kappa shape index (κ1) is 11.5. The van der Waals surface area contributed by atoms with E-state index in [1.54, 1.807) is 18.0 Å². The van der Waals surface area contributed by atoms with Crippen LogP contribution in [0.15, 0.2) is 27.6 Å². The number of rotatable bonds is 4. The maximum absolute atomic E-state index is 5.54. The lowest BCUT2D eigenvalue weighted by Crippen LogP contribution is -1.98. The van der Waals surface area contributed by atoms with E-state index in [1.165, 1.54) is 11.5 Å². The third kappa shape index (κ3) is 2.78. The molecule has 0 unspecified atom stereocenters. The number of pyridine rings is 1. The molecule has 0 saturated carbocycles. The Balaban J connectivity index is 2.13. The van der Waals surface area contributed by atoms with Crippen molar-refractivity contribution in [3.05, 3.63) is 29.8 Å². The van der Waals surface area contributed by atoms with Crippen molar-refractivity contribution in [2.75, 3.05) is 0 Å². The fourth-order valence-corrected chi connectivity index (χ4v) is 2.88. The highest BCUT2D eigenvalue weighted by Gasteiger charge is 2.05. The zero-order chi connectivity index (χ0) is 11.4. The summed E-state index contributed by atoms with van der Waals surface area (Å²) in [5, 5.41) is 0. The normalized spacial score (nSPS) is 10.6. The van der Waals surface area contributed by atoms with Crippen molar-refractivity contribution in [1.82, 2.24) is 14.3 Å². The van der Waals surface area contributed by atoms with E-state index in [2.05, 4.69) is 21.3 Å². The Morgan fingerprint density at radius 3 is 3.06 bits per heavy atom. The van der Waals surface area contributed by atoms with Crippen molar-refractivity contribution in [3.8, 4) is 0 Å². The minimum absolute atomic E-state index is 0.463. The molecule has 4 nitrogen and oxygen atoms in total. The van der Waals surface area contributed by atoms with Gasteiger partial charge in [0.1, 0.15) is 5.82 Å². The summed E-state index contributed by atoms with van der Waals surface area (Å²) in [6, 6.07) is 3.94. The third-order valence-electron chi connectivity index (χ3n) is 1.97. The van der Waals surface area contributed by atoms with Gasteiger partial charge >= 0.3 is 0 Å². The molecular formula is C10H12N4S2. The van der Waals surface area contributed by atoms with Crippen LogP contribution in [-0.4, -0.2) is 14.3 Å². The molecule has 2 N–H and O–H groups in total. The predicted octanol–water partition coefficient (Wildman–Crippen LogP) is 2.11. The monoisotopic (exact) mass is 252 g/mol. The molecule has 2 rings (SSSR count). The number of hydrogen-bond acceptors (Lipinski definition) is 6. The van der Waals surface area contributed by atoms with Crippen LogP contribution in [0.25, 0.3) is 0 Å². The first-order chi connectivity index (χ1) is 7.81. The van der Waals surface area contributed by atoms with Gasteiger partial charge in [-0.2, -0.15) is 4.37 Å². The van der Waals surface area contributed by atoms with E-state index in [1.807, 2.05) is 12.1 Å². The highest BCUT2D eigenvalue weighted by Crippen LogP contribution is 2.28. The zero-order valence-electron chi connectivity index (χ0n) is 8.88. The molecule has 16 heavy (non-hydrogen) atoms. The summed E-state index contributed by atoms with van der Waals surface area (Å²) in [5.41, 5.74) is 6.43. The molecule has 0 spiro atoms. The smallest absolute Gasteiger partial charge is 0.174 e. The molecule has 0 aliphatic heterocycles. The molecule has 0 fully saturated rings. The quantitative estimate of drug-likeness (QED) is 0.902. The maximum Gasteiger partial charge on any atom is 0.174 e. The van der Waals surface area contributed by atoms with Gasteiger partial charge in [-0.1, -0.05) is 18.7 Å². The van der Waals surface area contributed by atoms with Gasteiger partial charge < -0.3 is 5.73 Å². The molecule has 0 atom stereocenters. The van der Waals surface area contributed by atoms with Crippen molar-refractivity contribution in [2.45, 2.75) is 29.1 Å². The minimum atomic E-state index is 0.463. The summed E-state index contributed by atoms with van der Waals surface area (Å²) in [5.74, 6) is 0.903. The highest BCUT2D eigenvalue weighted by atomic mass is 32.2. The second-order valence-corrected chi connectivity index (χ2v) is 5.19. The fraction of sp³-hybridized carbons (Fsp3) is 0.300. The molecule has 2 aromatic heterocycles. The Kier molecular flexibility index (Phi) is 3.87. The van der Waals surface area contributed by atoms with Crippen LogP contribution in [0, 0.1) is 0 Å². The third-order valence-corrected chi connectivity index (χ3v) is 3.75. The Hall–Kier alpha value is -0.980. The van der Waals surface area contributed by atoms with Gasteiger partial charge in [-0.05, 0) is 23.7 Å². The van der Waals surface area contributed by atoms with Crippen LogP contribution >= 0.6 is 23.3 Å². The molecule has 0 bridgehead atoms. The van der Waals surface area contributed by atoms with Crippen molar-refractivity contribution in [1.29, 1.82) is 0 Å². The molecular weight excluding hydrogens is 240 g/mol. The molecule has 0 aliphatic rings. The number of aryl methyl sites for hydroxylation is 1. The lowest BCUT2D eigenvalue weighted by Gasteiger charge is -1.99. The van der Waals surface area contributed by atoms with Gasteiger partial charge in [0.05, 0.1) is 5.69 Å². The molecule has 0 radical (unpaired) electrons. The van der Waals surface area contributed by atoms with E-state index < -0.39 is 0 Å². The van der Waals surface area contributed by atoms with Crippen LogP contribution in [0.1, 0.15) is 18.4 Å². The second-order valence-electron chi connectivity index (χ2n) is 3.12. The average Bonchev–Trinajstić information content (AvgIpc) is 2.77. The molecule has 0 aliphatic carbocycles. The lowest BCUT2D eigenvalue weighted by molar-refractivity contribution is 0.967. The number of hydrogen-bond donors (Lipinski definition) is 1. The largest absolute Gasteiger partial charge is 0.325 e. The van der Waals surface area contributed by atoms with Crippen LogP contribution in [-0.2, 0) is 13.0 Å². The van der Waals surface area contributed by atoms with Crippen molar-refractivity contribution < 1.29 is 0 Å². The van der Waals surface area contributed by atoms with Gasteiger partial charge in [0, 0.05) is 24.1 Å². The summed E-state index contributed by atoms with van der Waals surface area (Å²) < 4.78 is 5.21. The van der Waals surface area contributed by atoms with Gasteiger partial charge in [-0.25, -0.2) is 4.98 Å². The van der Waals surface area contributed by atoms with Gasteiger partial charge in [-0.15, -0.1) is 0 Å². The second kappa shape index (κ2) is 5.38. The summed E-state index contributed by atoms with van der Waals surface area (Å²) >= 11 is 3.04. The van der Waals surface area contributed by atoms with Crippen LogP contribution in [0.4, 0.5) is 0 Å². The van der Waals surface area contributed by atoms with Gasteiger partial charge in [0.2, 0.25) is 0 Å². The first-order valence-electron chi connectivity index (χ1n) is 4.97. The molecule has 0 amide bonds. The Bertz CT molecular complexity index is 469. The standard InChI is InChI=1S/C10H12N4S2/c1-2-9-13-10(16-14-9)15-8-3-4-12-7(5-8)6-11/h3-5H,2,6,11H2,1H3. The summed E-state index contributed by atoms with van der Waals surface area (Å²) in [6.07, 6.45) is 2.65. The van der Waals surface area contributed by atoms with Crippen LogP contribution in [0.5, 0.6) is 0 Å². The van der Waals surface area contributed by atoms with Crippen LogP contribution in [0.3, 0.4) is 0 Å². The SMILES string of the molecule is CCc1nsc(Sc2ccnc(CN)c2)n1. The lowest BCUT2D eigenvalue weighted by atomic mass is 10.3. The maximum atomic E-state index is 5.54.